The van der Waals surface area contributed by atoms with Crippen LogP contribution in [-0.2, 0) is 4.74 Å². The number of benzene rings is 1. The number of rotatable bonds is 4. The summed E-state index contributed by atoms with van der Waals surface area (Å²) >= 11 is 7.46. The van der Waals surface area contributed by atoms with E-state index < -0.39 is 0 Å². The fourth-order valence-corrected chi connectivity index (χ4v) is 5.21. The van der Waals surface area contributed by atoms with Gasteiger partial charge in [-0.1, -0.05) is 0 Å². The van der Waals surface area contributed by atoms with Crippen LogP contribution in [0.15, 0.2) is 30.5 Å². The maximum absolute atomic E-state index is 12.7. The number of carbonyl (C=O) groups excluding carboxylic acids is 2. The number of nitrogens with one attached hydrogen (secondary N) is 4. The smallest absolute Gasteiger partial charge is 0.263 e. The lowest BCUT2D eigenvalue weighted by Gasteiger charge is -2.27. The largest absolute Gasteiger partial charge is 0.381 e. The second kappa shape index (κ2) is 8.35. The molecular weight excluding hydrogens is 478 g/mol. The molecule has 0 spiro atoms. The van der Waals surface area contributed by atoms with E-state index in [0.29, 0.717) is 37.0 Å². The lowest BCUT2D eigenvalue weighted by molar-refractivity contribution is -0.00346. The Morgan fingerprint density at radius 3 is 2.82 bits per heavy atom. The number of hydrogen-bond donors (Lipinski definition) is 4. The monoisotopic (exact) mass is 495 g/mol. The summed E-state index contributed by atoms with van der Waals surface area (Å²) in [4.78, 5) is 38.7. The van der Waals surface area contributed by atoms with E-state index in [1.807, 2.05) is 18.2 Å². The molecule has 0 unspecified atom stereocenters. The molecule has 34 heavy (non-hydrogen) atoms. The Hall–Kier alpha value is -3.54. The average Bonchev–Trinajstić information content (AvgIpc) is 3.08. The number of thiophene rings is 1. The lowest BCUT2D eigenvalue weighted by atomic mass is 10.1. The van der Waals surface area contributed by atoms with Crippen LogP contribution in [0, 0.1) is 0 Å². The molecule has 0 radical (unpaired) electrons. The van der Waals surface area contributed by atoms with Crippen LogP contribution in [0.3, 0.4) is 0 Å². The summed E-state index contributed by atoms with van der Waals surface area (Å²) in [7, 11) is 0. The number of aromatic nitrogens is 3. The minimum Gasteiger partial charge on any atom is -0.381 e. The molecule has 0 aliphatic carbocycles. The fourth-order valence-electron chi connectivity index (χ4n) is 3.97. The van der Waals surface area contributed by atoms with Gasteiger partial charge in [0.1, 0.15) is 22.1 Å². The Morgan fingerprint density at radius 1 is 1.15 bits per heavy atom. The summed E-state index contributed by atoms with van der Waals surface area (Å²) in [5.41, 5.74) is 1.83. The van der Waals surface area contributed by atoms with E-state index in [4.69, 9.17) is 21.3 Å². The van der Waals surface area contributed by atoms with Crippen LogP contribution in [-0.4, -0.2) is 59.1 Å². The molecule has 0 saturated carbocycles. The van der Waals surface area contributed by atoms with Crippen molar-refractivity contribution in [2.24, 2.45) is 0 Å². The summed E-state index contributed by atoms with van der Waals surface area (Å²) in [6.07, 6.45) is 1.38. The first kappa shape index (κ1) is 21.0. The number of amides is 2. The Labute approximate surface area is 202 Å². The highest BCUT2D eigenvalue weighted by atomic mass is 35.5. The molecule has 2 amide bonds. The molecule has 3 aromatic heterocycles. The van der Waals surface area contributed by atoms with Crippen LogP contribution < -0.4 is 21.3 Å². The van der Waals surface area contributed by atoms with Gasteiger partial charge in [0.05, 0.1) is 30.5 Å². The van der Waals surface area contributed by atoms with E-state index in [1.165, 1.54) is 17.5 Å². The third kappa shape index (κ3) is 3.67. The van der Waals surface area contributed by atoms with Gasteiger partial charge in [-0.2, -0.15) is 4.98 Å². The number of nitrogens with zero attached hydrogens (tertiary/aromatic N) is 3. The molecule has 0 atom stereocenters. The number of halogens is 1. The maximum atomic E-state index is 12.7. The first-order chi connectivity index (χ1) is 16.6. The molecule has 6 rings (SSSR count). The van der Waals surface area contributed by atoms with Gasteiger partial charge in [-0.3, -0.25) is 9.59 Å². The second-order valence-corrected chi connectivity index (χ2v) is 9.32. The van der Waals surface area contributed by atoms with Gasteiger partial charge in [-0.15, -0.1) is 11.3 Å². The highest BCUT2D eigenvalue weighted by Gasteiger charge is 2.24. The number of carbonyl (C=O) groups is 2. The molecule has 12 heteroatoms. The maximum Gasteiger partial charge on any atom is 0.263 e. The zero-order valence-electron chi connectivity index (χ0n) is 17.6. The molecule has 1 saturated heterocycles. The van der Waals surface area contributed by atoms with Crippen LogP contribution in [0.25, 0.3) is 21.0 Å². The molecule has 1 fully saturated rings. The summed E-state index contributed by atoms with van der Waals surface area (Å²) in [5.74, 6) is 0.365. The van der Waals surface area contributed by atoms with Crippen LogP contribution in [0.5, 0.6) is 0 Å². The third-order valence-corrected chi connectivity index (χ3v) is 7.00. The molecule has 2 aliphatic heterocycles. The Morgan fingerprint density at radius 2 is 2.00 bits per heavy atom. The van der Waals surface area contributed by atoms with Gasteiger partial charge in [0.15, 0.2) is 0 Å². The molecule has 5 heterocycles. The van der Waals surface area contributed by atoms with Crippen molar-refractivity contribution in [3.63, 3.8) is 0 Å². The fraction of sp³-hybridized carbons (Fsp3) is 0.227. The normalized spacial score (nSPS) is 15.7. The Balaban J connectivity index is 1.37. The summed E-state index contributed by atoms with van der Waals surface area (Å²) in [5, 5.41) is 14.2. The predicted octanol–water partition coefficient (Wildman–Crippen LogP) is 2.92. The Bertz CT molecular complexity index is 1470. The third-order valence-electron chi connectivity index (χ3n) is 5.66. The zero-order chi connectivity index (χ0) is 23.2. The van der Waals surface area contributed by atoms with E-state index in [-0.39, 0.29) is 34.5 Å². The first-order valence-electron chi connectivity index (χ1n) is 10.6. The first-order valence-corrected chi connectivity index (χ1v) is 11.8. The van der Waals surface area contributed by atoms with Crippen molar-refractivity contribution in [2.75, 3.05) is 36.9 Å². The summed E-state index contributed by atoms with van der Waals surface area (Å²) < 4.78 is 6.12. The quantitative estimate of drug-likeness (QED) is 0.318. The minimum atomic E-state index is -0.319. The molecule has 1 aromatic carbocycles. The van der Waals surface area contributed by atoms with Crippen molar-refractivity contribution in [3.8, 4) is 0 Å². The highest BCUT2D eigenvalue weighted by molar-refractivity contribution is 7.21. The molecule has 4 aromatic rings. The predicted molar refractivity (Wildman–Crippen MR) is 130 cm³/mol. The molecule has 172 valence electrons. The minimum absolute atomic E-state index is 0.0128. The van der Waals surface area contributed by atoms with Gasteiger partial charge in [-0.25, -0.2) is 9.97 Å². The number of hydrogen-bond acceptors (Lipinski definition) is 9. The number of ether oxygens (including phenoxy) is 1. The standard InChI is InChI=1S/C22H18ClN7O3S/c23-22-26-7-12(20(31)27-10-8-33-9-10)19(30-22)29-15-4-1-11-13(28-15)2-3-14-16(11)17-18(34-14)21(32)25-6-5-24-17/h1-4,7,10,24H,5-6,8-9H2,(H,25,32)(H,27,31)(H,26,28,29,30). The number of anilines is 3. The van der Waals surface area contributed by atoms with E-state index in [2.05, 4.69) is 31.2 Å². The van der Waals surface area contributed by atoms with Crippen LogP contribution in [0.2, 0.25) is 5.28 Å². The van der Waals surface area contributed by atoms with Gasteiger partial charge < -0.3 is 26.0 Å². The van der Waals surface area contributed by atoms with Crippen molar-refractivity contribution in [1.82, 2.24) is 25.6 Å². The second-order valence-electron chi connectivity index (χ2n) is 7.92. The lowest BCUT2D eigenvalue weighted by Crippen LogP contribution is -2.48. The van der Waals surface area contributed by atoms with Crippen molar-refractivity contribution >= 4 is 73.1 Å². The van der Waals surface area contributed by atoms with E-state index in [0.717, 1.165) is 26.7 Å². The topological polar surface area (TPSA) is 130 Å². The van der Waals surface area contributed by atoms with Crippen molar-refractivity contribution in [2.45, 2.75) is 6.04 Å². The number of pyridine rings is 1. The van der Waals surface area contributed by atoms with Crippen LogP contribution in [0.4, 0.5) is 17.3 Å². The van der Waals surface area contributed by atoms with Crippen LogP contribution >= 0.6 is 22.9 Å². The molecule has 0 bridgehead atoms. The van der Waals surface area contributed by atoms with E-state index in [1.54, 1.807) is 6.07 Å². The van der Waals surface area contributed by atoms with E-state index >= 15 is 0 Å². The average molecular weight is 496 g/mol. The summed E-state index contributed by atoms with van der Waals surface area (Å²) in [6, 6.07) is 7.59. The van der Waals surface area contributed by atoms with Crippen molar-refractivity contribution in [3.05, 3.63) is 46.2 Å². The molecule has 10 nitrogen and oxygen atoms in total. The molecular formula is C22H18ClN7O3S. The van der Waals surface area contributed by atoms with Gasteiger partial charge in [-0.05, 0) is 35.9 Å². The van der Waals surface area contributed by atoms with Crippen LogP contribution in [0.1, 0.15) is 20.0 Å². The summed E-state index contributed by atoms with van der Waals surface area (Å²) in [6.45, 7) is 2.18. The molecule has 4 N–H and O–H groups in total. The van der Waals surface area contributed by atoms with Gasteiger partial charge in [0.2, 0.25) is 5.28 Å². The zero-order valence-corrected chi connectivity index (χ0v) is 19.2. The SMILES string of the molecule is O=C(NC1COC1)c1cnc(Cl)nc1Nc1ccc2c(ccc3sc4c(c32)NCCNC4=O)n1. The van der Waals surface area contributed by atoms with Gasteiger partial charge in [0, 0.05) is 34.8 Å². The molecule has 2 aliphatic rings. The Kier molecular flexibility index (Phi) is 5.16. The van der Waals surface area contributed by atoms with Gasteiger partial charge in [0.25, 0.3) is 11.8 Å². The van der Waals surface area contributed by atoms with Crippen molar-refractivity contribution in [1.29, 1.82) is 0 Å². The number of fused-ring (bicyclic) bond motifs is 5. The van der Waals surface area contributed by atoms with Gasteiger partial charge >= 0.3 is 0 Å². The highest BCUT2D eigenvalue weighted by Crippen LogP contribution is 2.40. The van der Waals surface area contributed by atoms with E-state index in [9.17, 15) is 9.59 Å². The van der Waals surface area contributed by atoms with Crippen molar-refractivity contribution < 1.29 is 14.3 Å².